The van der Waals surface area contributed by atoms with Gasteiger partial charge in [-0.1, -0.05) is 18.2 Å². The van der Waals surface area contributed by atoms with Gasteiger partial charge in [-0.05, 0) is 31.2 Å². The zero-order chi connectivity index (χ0) is 16.9. The number of aromatic amines is 2. The van der Waals surface area contributed by atoms with E-state index < -0.39 is 15.4 Å². The van der Waals surface area contributed by atoms with Crippen LogP contribution in [0.25, 0.3) is 11.3 Å². The summed E-state index contributed by atoms with van der Waals surface area (Å²) in [6.07, 6.45) is 0. The van der Waals surface area contributed by atoms with Crippen LogP contribution in [-0.4, -0.2) is 18.4 Å². The highest BCUT2D eigenvalue weighted by Crippen LogP contribution is 2.40. The molecule has 0 bridgehead atoms. The van der Waals surface area contributed by atoms with Crippen LogP contribution in [0.1, 0.15) is 11.4 Å². The van der Waals surface area contributed by atoms with Crippen molar-refractivity contribution in [3.8, 4) is 11.3 Å². The largest absolute Gasteiger partial charge is 0.361 e. The molecule has 3 aromatic rings. The standard InChI is InChI=1S/C17H14N2O3S2/c1-10-7-12-13(18-10)9-23-14-8-15(17(20)19-16(12)14)24(21,22)11-5-3-2-4-6-11/h2-8,18H,9H2,1H3,(H,19,20). The summed E-state index contributed by atoms with van der Waals surface area (Å²) in [6, 6.07) is 11.5. The van der Waals surface area contributed by atoms with Crippen molar-refractivity contribution in [2.24, 2.45) is 0 Å². The third kappa shape index (κ3) is 2.32. The minimum Gasteiger partial charge on any atom is -0.361 e. The molecular weight excluding hydrogens is 344 g/mol. The second kappa shape index (κ2) is 5.39. The summed E-state index contributed by atoms with van der Waals surface area (Å²) in [5, 5.41) is 0. The van der Waals surface area contributed by atoms with Crippen LogP contribution in [0.2, 0.25) is 0 Å². The van der Waals surface area contributed by atoms with Gasteiger partial charge in [0.05, 0.1) is 10.6 Å². The van der Waals surface area contributed by atoms with Gasteiger partial charge in [0.15, 0.2) is 0 Å². The van der Waals surface area contributed by atoms with E-state index in [0.29, 0.717) is 11.4 Å². The van der Waals surface area contributed by atoms with Crippen LogP contribution in [0.15, 0.2) is 61.9 Å². The van der Waals surface area contributed by atoms with E-state index in [-0.39, 0.29) is 9.79 Å². The first-order chi connectivity index (χ1) is 11.5. The van der Waals surface area contributed by atoms with Gasteiger partial charge in [-0.3, -0.25) is 4.79 Å². The molecule has 1 aromatic carbocycles. The normalized spacial score (nSPS) is 13.4. The Kier molecular flexibility index (Phi) is 3.43. The molecule has 0 aliphatic carbocycles. The smallest absolute Gasteiger partial charge is 0.267 e. The maximum atomic E-state index is 12.8. The molecule has 3 heterocycles. The van der Waals surface area contributed by atoms with Gasteiger partial charge in [-0.2, -0.15) is 0 Å². The number of pyridine rings is 1. The summed E-state index contributed by atoms with van der Waals surface area (Å²) in [5.41, 5.74) is 3.07. The van der Waals surface area contributed by atoms with Gasteiger partial charge in [-0.25, -0.2) is 8.42 Å². The lowest BCUT2D eigenvalue weighted by Crippen LogP contribution is -2.19. The number of rotatable bonds is 2. The molecule has 4 rings (SSSR count). The Balaban J connectivity index is 1.91. The van der Waals surface area contributed by atoms with Crippen LogP contribution in [-0.2, 0) is 15.6 Å². The van der Waals surface area contributed by atoms with Crippen molar-refractivity contribution in [3.05, 3.63) is 64.2 Å². The Hall–Kier alpha value is -2.25. The maximum Gasteiger partial charge on any atom is 0.267 e. The number of nitrogens with one attached hydrogen (secondary N) is 2. The van der Waals surface area contributed by atoms with Gasteiger partial charge in [0.1, 0.15) is 4.90 Å². The fourth-order valence-corrected chi connectivity index (χ4v) is 5.31. The van der Waals surface area contributed by atoms with Gasteiger partial charge in [0, 0.05) is 27.6 Å². The SMILES string of the molecule is Cc1cc2c([nH]1)CSc1cc(S(=O)(=O)c3ccccc3)c(=O)[nH]c1-2. The molecule has 0 atom stereocenters. The Morgan fingerprint density at radius 1 is 1.08 bits per heavy atom. The molecular formula is C17H14N2O3S2. The van der Waals surface area contributed by atoms with Gasteiger partial charge in [-0.15, -0.1) is 11.8 Å². The summed E-state index contributed by atoms with van der Waals surface area (Å²) < 4.78 is 25.5. The van der Waals surface area contributed by atoms with Crippen molar-refractivity contribution >= 4 is 21.6 Å². The number of hydrogen-bond donors (Lipinski definition) is 2. The second-order valence-corrected chi connectivity index (χ2v) is 8.59. The van der Waals surface area contributed by atoms with Gasteiger partial charge in [0.25, 0.3) is 5.56 Å². The summed E-state index contributed by atoms with van der Waals surface area (Å²) in [6.45, 7) is 1.95. The Bertz CT molecular complexity index is 1100. The highest BCUT2D eigenvalue weighted by Gasteiger charge is 2.26. The van der Waals surface area contributed by atoms with Gasteiger partial charge in [0.2, 0.25) is 9.84 Å². The third-order valence-electron chi connectivity index (χ3n) is 3.99. The molecule has 7 heteroatoms. The molecule has 0 unspecified atom stereocenters. The maximum absolute atomic E-state index is 12.8. The number of benzene rings is 1. The summed E-state index contributed by atoms with van der Waals surface area (Å²) in [7, 11) is -3.84. The third-order valence-corrected chi connectivity index (χ3v) is 6.83. The van der Waals surface area contributed by atoms with Crippen LogP contribution in [0, 0.1) is 6.92 Å². The van der Waals surface area contributed by atoms with E-state index in [2.05, 4.69) is 9.97 Å². The van der Waals surface area contributed by atoms with Crippen molar-refractivity contribution in [2.45, 2.75) is 27.4 Å². The van der Waals surface area contributed by atoms with E-state index >= 15 is 0 Å². The minimum absolute atomic E-state index is 0.120. The first-order valence-electron chi connectivity index (χ1n) is 7.36. The first kappa shape index (κ1) is 15.3. The molecule has 0 amide bonds. The van der Waals surface area contributed by atoms with Crippen LogP contribution >= 0.6 is 11.8 Å². The number of thioether (sulfide) groups is 1. The lowest BCUT2D eigenvalue weighted by atomic mass is 10.1. The Morgan fingerprint density at radius 3 is 2.58 bits per heavy atom. The molecule has 1 aliphatic heterocycles. The zero-order valence-corrected chi connectivity index (χ0v) is 14.4. The molecule has 122 valence electrons. The molecule has 5 nitrogen and oxygen atoms in total. The fourth-order valence-electron chi connectivity index (χ4n) is 2.87. The topological polar surface area (TPSA) is 82.8 Å². The predicted molar refractivity (Wildman–Crippen MR) is 93.0 cm³/mol. The molecule has 24 heavy (non-hydrogen) atoms. The van der Waals surface area contributed by atoms with E-state index in [0.717, 1.165) is 21.8 Å². The van der Waals surface area contributed by atoms with Crippen LogP contribution in [0.5, 0.6) is 0 Å². The Labute approximate surface area is 143 Å². The quantitative estimate of drug-likeness (QED) is 0.737. The molecule has 0 spiro atoms. The predicted octanol–water partition coefficient (Wildman–Crippen LogP) is 3.12. The molecule has 2 N–H and O–H groups in total. The monoisotopic (exact) mass is 358 g/mol. The van der Waals surface area contributed by atoms with Crippen LogP contribution in [0.4, 0.5) is 0 Å². The Morgan fingerprint density at radius 2 is 1.83 bits per heavy atom. The summed E-state index contributed by atoms with van der Waals surface area (Å²) in [5.74, 6) is 0.715. The average molecular weight is 358 g/mol. The van der Waals surface area contributed by atoms with E-state index in [4.69, 9.17) is 0 Å². The lowest BCUT2D eigenvalue weighted by molar-refractivity contribution is 0.594. The van der Waals surface area contributed by atoms with E-state index in [1.807, 2.05) is 13.0 Å². The van der Waals surface area contributed by atoms with Crippen LogP contribution in [0.3, 0.4) is 0 Å². The van der Waals surface area contributed by atoms with Gasteiger partial charge >= 0.3 is 0 Å². The number of H-pyrrole nitrogens is 2. The summed E-state index contributed by atoms with van der Waals surface area (Å²) >= 11 is 1.51. The number of hydrogen-bond acceptors (Lipinski definition) is 4. The van der Waals surface area contributed by atoms with Crippen LogP contribution < -0.4 is 5.56 Å². The number of sulfone groups is 1. The van der Waals surface area contributed by atoms with Crippen molar-refractivity contribution in [3.63, 3.8) is 0 Å². The number of fused-ring (bicyclic) bond motifs is 3. The molecule has 0 saturated heterocycles. The van der Waals surface area contributed by atoms with Crippen molar-refractivity contribution in [2.75, 3.05) is 0 Å². The van der Waals surface area contributed by atoms with Crippen molar-refractivity contribution < 1.29 is 8.42 Å². The summed E-state index contributed by atoms with van der Waals surface area (Å²) in [4.78, 5) is 19.2. The van der Waals surface area contributed by atoms with Crippen molar-refractivity contribution in [1.82, 2.24) is 9.97 Å². The number of aryl methyl sites for hydroxylation is 1. The molecule has 0 radical (unpaired) electrons. The highest BCUT2D eigenvalue weighted by molar-refractivity contribution is 7.98. The molecule has 0 fully saturated rings. The van der Waals surface area contributed by atoms with Crippen molar-refractivity contribution in [1.29, 1.82) is 0 Å². The zero-order valence-electron chi connectivity index (χ0n) is 12.8. The molecule has 2 aromatic heterocycles. The lowest BCUT2D eigenvalue weighted by Gasteiger charge is -2.16. The van der Waals surface area contributed by atoms with E-state index in [9.17, 15) is 13.2 Å². The number of aromatic nitrogens is 2. The van der Waals surface area contributed by atoms with E-state index in [1.54, 1.807) is 18.2 Å². The molecule has 0 saturated carbocycles. The van der Waals surface area contributed by atoms with E-state index in [1.165, 1.54) is 30.0 Å². The minimum atomic E-state index is -3.84. The molecule has 1 aliphatic rings. The fraction of sp³-hybridized carbons (Fsp3) is 0.118. The highest BCUT2D eigenvalue weighted by atomic mass is 32.2. The second-order valence-electron chi connectivity index (χ2n) is 5.65. The first-order valence-corrected chi connectivity index (χ1v) is 9.83. The average Bonchev–Trinajstić information content (AvgIpc) is 2.96. The van der Waals surface area contributed by atoms with Gasteiger partial charge < -0.3 is 9.97 Å².